The molecule has 0 bridgehead atoms. The summed E-state index contributed by atoms with van der Waals surface area (Å²) in [6.45, 7) is 1.88. The van der Waals surface area contributed by atoms with Crippen LogP contribution in [0.25, 0.3) is 0 Å². The highest BCUT2D eigenvalue weighted by molar-refractivity contribution is 5.34. The summed E-state index contributed by atoms with van der Waals surface area (Å²) in [4.78, 5) is 0. The third-order valence-electron chi connectivity index (χ3n) is 4.37. The van der Waals surface area contributed by atoms with E-state index in [-0.39, 0.29) is 17.8 Å². The molecule has 1 saturated carbocycles. The lowest BCUT2D eigenvalue weighted by atomic mass is 9.96. The molecule has 0 aliphatic heterocycles. The quantitative estimate of drug-likeness (QED) is 0.788. The van der Waals surface area contributed by atoms with Crippen LogP contribution in [-0.2, 0) is 12.0 Å². The summed E-state index contributed by atoms with van der Waals surface area (Å²) in [5.74, 6) is 3.13. The van der Waals surface area contributed by atoms with Crippen molar-refractivity contribution >= 4 is 0 Å². The summed E-state index contributed by atoms with van der Waals surface area (Å²) in [5, 5.41) is 3.51. The Hall–Kier alpha value is -2.31. The Labute approximate surface area is 136 Å². The molecule has 0 unspecified atom stereocenters. The van der Waals surface area contributed by atoms with Crippen LogP contribution in [0, 0.1) is 18.2 Å². The maximum atomic E-state index is 13.1. The van der Waals surface area contributed by atoms with Crippen molar-refractivity contribution < 1.29 is 9.13 Å². The lowest BCUT2D eigenvalue weighted by Crippen LogP contribution is -2.26. The van der Waals surface area contributed by atoms with Gasteiger partial charge in [0.1, 0.15) is 18.2 Å². The second-order valence-corrected chi connectivity index (χ2v) is 5.99. The van der Waals surface area contributed by atoms with Crippen molar-refractivity contribution in [2.24, 2.45) is 0 Å². The van der Waals surface area contributed by atoms with Gasteiger partial charge in [0, 0.05) is 24.1 Å². The van der Waals surface area contributed by atoms with E-state index in [1.54, 1.807) is 12.1 Å². The monoisotopic (exact) mass is 309 g/mol. The van der Waals surface area contributed by atoms with E-state index in [0.29, 0.717) is 0 Å². The van der Waals surface area contributed by atoms with Gasteiger partial charge in [0.05, 0.1) is 0 Å². The number of hydrogen-bond donors (Lipinski definition) is 1. The Kier molecular flexibility index (Phi) is 4.64. The number of para-hydroxylation sites is 1. The Morgan fingerprint density at radius 1 is 1.13 bits per heavy atom. The molecule has 0 spiro atoms. The second kappa shape index (κ2) is 6.85. The van der Waals surface area contributed by atoms with E-state index in [0.717, 1.165) is 37.2 Å². The van der Waals surface area contributed by atoms with Crippen molar-refractivity contribution in [3.05, 3.63) is 65.5 Å². The summed E-state index contributed by atoms with van der Waals surface area (Å²) in [7, 11) is 0. The highest BCUT2D eigenvalue weighted by Crippen LogP contribution is 2.47. The molecular formula is C20H20FNO. The maximum Gasteiger partial charge on any atom is 0.148 e. The average molecular weight is 309 g/mol. The van der Waals surface area contributed by atoms with Crippen LogP contribution in [0.2, 0.25) is 0 Å². The molecule has 2 nitrogen and oxygen atoms in total. The van der Waals surface area contributed by atoms with Gasteiger partial charge in [-0.05, 0) is 36.6 Å². The van der Waals surface area contributed by atoms with Crippen molar-refractivity contribution in [2.45, 2.75) is 24.8 Å². The third-order valence-corrected chi connectivity index (χ3v) is 4.37. The molecular weight excluding hydrogens is 289 g/mol. The van der Waals surface area contributed by atoms with Crippen molar-refractivity contribution in [3.63, 3.8) is 0 Å². The van der Waals surface area contributed by atoms with Gasteiger partial charge in [0.2, 0.25) is 0 Å². The minimum atomic E-state index is -0.183. The van der Waals surface area contributed by atoms with Crippen LogP contribution >= 0.6 is 0 Å². The number of rotatable bonds is 7. The molecule has 0 radical (unpaired) electrons. The van der Waals surface area contributed by atoms with Crippen LogP contribution in [0.3, 0.4) is 0 Å². The zero-order valence-electron chi connectivity index (χ0n) is 13.0. The molecule has 0 amide bonds. The predicted molar refractivity (Wildman–Crippen MR) is 89.8 cm³/mol. The van der Waals surface area contributed by atoms with Crippen molar-refractivity contribution in [2.75, 3.05) is 13.2 Å². The summed E-state index contributed by atoms with van der Waals surface area (Å²) in [6, 6.07) is 14.8. The van der Waals surface area contributed by atoms with Gasteiger partial charge < -0.3 is 10.1 Å². The van der Waals surface area contributed by atoms with Crippen LogP contribution in [0.1, 0.15) is 24.0 Å². The van der Waals surface area contributed by atoms with Crippen LogP contribution in [0.4, 0.5) is 4.39 Å². The van der Waals surface area contributed by atoms with Gasteiger partial charge in [0.25, 0.3) is 0 Å². The predicted octanol–water partition coefficient (Wildman–Crippen LogP) is 3.66. The van der Waals surface area contributed by atoms with Crippen LogP contribution in [0.5, 0.6) is 5.75 Å². The normalized spacial score (nSPS) is 15.0. The summed E-state index contributed by atoms with van der Waals surface area (Å²) < 4.78 is 18.6. The number of hydrogen-bond acceptors (Lipinski definition) is 2. The first kappa shape index (κ1) is 15.6. The second-order valence-electron chi connectivity index (χ2n) is 5.99. The van der Waals surface area contributed by atoms with Crippen LogP contribution < -0.4 is 10.1 Å². The van der Waals surface area contributed by atoms with Crippen LogP contribution in [0.15, 0.2) is 48.5 Å². The largest absolute Gasteiger partial charge is 0.481 e. The molecule has 2 aromatic rings. The van der Waals surface area contributed by atoms with Gasteiger partial charge in [-0.3, -0.25) is 0 Å². The fourth-order valence-corrected chi connectivity index (χ4v) is 2.87. The zero-order chi connectivity index (χ0) is 16.1. The molecule has 3 rings (SSSR count). The molecule has 118 valence electrons. The highest BCUT2D eigenvalue weighted by atomic mass is 19.1. The molecule has 1 N–H and O–H groups in total. The zero-order valence-corrected chi connectivity index (χ0v) is 13.0. The smallest absolute Gasteiger partial charge is 0.148 e. The first-order valence-corrected chi connectivity index (χ1v) is 7.84. The lowest BCUT2D eigenvalue weighted by Gasteiger charge is -2.17. The summed E-state index contributed by atoms with van der Waals surface area (Å²) in [6.07, 6.45) is 7.53. The summed E-state index contributed by atoms with van der Waals surface area (Å²) in [5.41, 5.74) is 2.46. The molecule has 0 aromatic heterocycles. The molecule has 2 aromatic carbocycles. The number of benzene rings is 2. The molecule has 1 fully saturated rings. The third kappa shape index (κ3) is 3.72. The van der Waals surface area contributed by atoms with Crippen molar-refractivity contribution in [1.29, 1.82) is 0 Å². The standard InChI is InChI=1S/C20H20FNO/c1-2-13-23-19-6-4-3-5-16(19)14-22-15-20(11-12-20)17-7-9-18(21)10-8-17/h1,3-10,22H,11-15H2. The Balaban J connectivity index is 1.60. The van der Waals surface area contributed by atoms with E-state index < -0.39 is 0 Å². The molecule has 1 aliphatic carbocycles. The topological polar surface area (TPSA) is 21.3 Å². The van der Waals surface area contributed by atoms with E-state index in [4.69, 9.17) is 11.2 Å². The number of nitrogens with one attached hydrogen (secondary N) is 1. The van der Waals surface area contributed by atoms with Crippen LogP contribution in [-0.4, -0.2) is 13.2 Å². The van der Waals surface area contributed by atoms with E-state index >= 15 is 0 Å². The van der Waals surface area contributed by atoms with Gasteiger partial charge in [-0.25, -0.2) is 4.39 Å². The number of halogens is 1. The molecule has 1 aliphatic rings. The number of ether oxygens (including phenoxy) is 1. The SMILES string of the molecule is C#CCOc1ccccc1CNCC1(c2ccc(F)cc2)CC1. The van der Waals surface area contributed by atoms with E-state index in [1.165, 1.54) is 5.56 Å². The van der Waals surface area contributed by atoms with Gasteiger partial charge in [0.15, 0.2) is 0 Å². The minimum Gasteiger partial charge on any atom is -0.481 e. The lowest BCUT2D eigenvalue weighted by molar-refractivity contribution is 0.364. The Bertz CT molecular complexity index is 698. The number of terminal acetylenes is 1. The molecule has 23 heavy (non-hydrogen) atoms. The van der Waals surface area contributed by atoms with Gasteiger partial charge in [-0.1, -0.05) is 36.3 Å². The molecule has 3 heteroatoms. The van der Waals surface area contributed by atoms with Gasteiger partial charge in [-0.15, -0.1) is 6.42 Å². The van der Waals surface area contributed by atoms with Gasteiger partial charge >= 0.3 is 0 Å². The fourth-order valence-electron chi connectivity index (χ4n) is 2.87. The average Bonchev–Trinajstić information content (AvgIpc) is 3.35. The first-order chi connectivity index (χ1) is 11.2. The first-order valence-electron chi connectivity index (χ1n) is 7.84. The van der Waals surface area contributed by atoms with Gasteiger partial charge in [-0.2, -0.15) is 0 Å². The Morgan fingerprint density at radius 2 is 1.87 bits per heavy atom. The summed E-state index contributed by atoms with van der Waals surface area (Å²) >= 11 is 0. The maximum absolute atomic E-state index is 13.1. The van der Waals surface area contributed by atoms with Crippen molar-refractivity contribution in [3.8, 4) is 18.1 Å². The molecule has 0 heterocycles. The molecule has 0 atom stereocenters. The van der Waals surface area contributed by atoms with E-state index in [9.17, 15) is 4.39 Å². The van der Waals surface area contributed by atoms with E-state index in [1.807, 2.05) is 36.4 Å². The fraction of sp³-hybridized carbons (Fsp3) is 0.300. The molecule has 0 saturated heterocycles. The minimum absolute atomic E-state index is 0.155. The highest BCUT2D eigenvalue weighted by Gasteiger charge is 2.43. The van der Waals surface area contributed by atoms with E-state index in [2.05, 4.69) is 11.2 Å². The van der Waals surface area contributed by atoms with Crippen molar-refractivity contribution in [1.82, 2.24) is 5.32 Å². The Morgan fingerprint density at radius 3 is 2.57 bits per heavy atom.